The van der Waals surface area contributed by atoms with Crippen LogP contribution in [0.4, 0.5) is 0 Å². The second kappa shape index (κ2) is 4.17. The molecule has 1 atom stereocenters. The molecule has 1 aromatic heterocycles. The molecule has 3 nitrogen and oxygen atoms in total. The molecule has 0 aliphatic carbocycles. The van der Waals surface area contributed by atoms with Crippen LogP contribution in [0.3, 0.4) is 0 Å². The zero-order valence-corrected chi connectivity index (χ0v) is 10.3. The molecule has 3 rings (SSSR count). The lowest BCUT2D eigenvalue weighted by molar-refractivity contribution is 0.0758. The SMILES string of the molecule is Cc1cc2cc(C3COCCN3)[nH]c2cc1C. The molecule has 1 aromatic carbocycles. The lowest BCUT2D eigenvalue weighted by Gasteiger charge is -2.22. The van der Waals surface area contributed by atoms with Gasteiger partial charge in [-0.05, 0) is 48.6 Å². The Morgan fingerprint density at radius 3 is 2.76 bits per heavy atom. The highest BCUT2D eigenvalue weighted by Gasteiger charge is 2.17. The smallest absolute Gasteiger partial charge is 0.0711 e. The Hall–Kier alpha value is -1.32. The van der Waals surface area contributed by atoms with Crippen molar-refractivity contribution in [3.63, 3.8) is 0 Å². The van der Waals surface area contributed by atoms with Crippen LogP contribution >= 0.6 is 0 Å². The van der Waals surface area contributed by atoms with Gasteiger partial charge in [0, 0.05) is 17.8 Å². The number of aryl methyl sites for hydroxylation is 2. The zero-order valence-electron chi connectivity index (χ0n) is 10.3. The number of rotatable bonds is 1. The van der Waals surface area contributed by atoms with E-state index in [4.69, 9.17) is 4.74 Å². The number of aromatic nitrogens is 1. The summed E-state index contributed by atoms with van der Waals surface area (Å²) in [5, 5.41) is 4.76. The van der Waals surface area contributed by atoms with E-state index >= 15 is 0 Å². The van der Waals surface area contributed by atoms with Crippen molar-refractivity contribution in [2.45, 2.75) is 19.9 Å². The van der Waals surface area contributed by atoms with Gasteiger partial charge in [0.1, 0.15) is 0 Å². The fourth-order valence-electron chi connectivity index (χ4n) is 2.38. The first-order valence-corrected chi connectivity index (χ1v) is 6.15. The molecule has 0 radical (unpaired) electrons. The van der Waals surface area contributed by atoms with Crippen LogP contribution in [0, 0.1) is 13.8 Å². The van der Waals surface area contributed by atoms with Gasteiger partial charge < -0.3 is 15.0 Å². The van der Waals surface area contributed by atoms with Gasteiger partial charge in [-0.15, -0.1) is 0 Å². The van der Waals surface area contributed by atoms with E-state index in [1.54, 1.807) is 0 Å². The quantitative estimate of drug-likeness (QED) is 0.789. The van der Waals surface area contributed by atoms with Crippen molar-refractivity contribution in [3.05, 3.63) is 35.0 Å². The number of nitrogens with one attached hydrogen (secondary N) is 2. The van der Waals surface area contributed by atoms with Crippen molar-refractivity contribution in [3.8, 4) is 0 Å². The lowest BCUT2D eigenvalue weighted by atomic mass is 10.1. The number of benzene rings is 1. The third kappa shape index (κ3) is 1.96. The predicted octanol–water partition coefficient (Wildman–Crippen LogP) is 2.45. The molecule has 0 bridgehead atoms. The molecule has 1 fully saturated rings. The maximum Gasteiger partial charge on any atom is 0.0711 e. The molecule has 1 aliphatic heterocycles. The number of aromatic amines is 1. The van der Waals surface area contributed by atoms with Gasteiger partial charge >= 0.3 is 0 Å². The Balaban J connectivity index is 2.00. The zero-order chi connectivity index (χ0) is 11.8. The van der Waals surface area contributed by atoms with E-state index in [0.717, 1.165) is 19.8 Å². The molecule has 0 saturated carbocycles. The molecule has 2 aromatic rings. The summed E-state index contributed by atoms with van der Waals surface area (Å²) in [4.78, 5) is 3.49. The van der Waals surface area contributed by atoms with Crippen LogP contribution in [0.2, 0.25) is 0 Å². The molecular weight excluding hydrogens is 212 g/mol. The van der Waals surface area contributed by atoms with E-state index in [1.165, 1.54) is 27.7 Å². The van der Waals surface area contributed by atoms with Crippen LogP contribution in [-0.2, 0) is 4.74 Å². The van der Waals surface area contributed by atoms with Crippen LogP contribution in [0.25, 0.3) is 10.9 Å². The second-order valence-electron chi connectivity index (χ2n) is 4.83. The van der Waals surface area contributed by atoms with Crippen molar-refractivity contribution in [2.24, 2.45) is 0 Å². The van der Waals surface area contributed by atoms with E-state index in [1.807, 2.05) is 0 Å². The minimum absolute atomic E-state index is 0.303. The van der Waals surface area contributed by atoms with Gasteiger partial charge in [-0.25, -0.2) is 0 Å². The largest absolute Gasteiger partial charge is 0.378 e. The van der Waals surface area contributed by atoms with E-state index in [2.05, 4.69) is 42.3 Å². The van der Waals surface area contributed by atoms with Crippen LogP contribution in [0.1, 0.15) is 22.9 Å². The average Bonchev–Trinajstić information content (AvgIpc) is 2.74. The van der Waals surface area contributed by atoms with Crippen LogP contribution in [0.15, 0.2) is 18.2 Å². The predicted molar refractivity (Wildman–Crippen MR) is 69.3 cm³/mol. The minimum atomic E-state index is 0.303. The van der Waals surface area contributed by atoms with Crippen molar-refractivity contribution in [1.29, 1.82) is 0 Å². The van der Waals surface area contributed by atoms with Gasteiger partial charge in [0.25, 0.3) is 0 Å². The van der Waals surface area contributed by atoms with Crippen LogP contribution < -0.4 is 5.32 Å². The van der Waals surface area contributed by atoms with Gasteiger partial charge in [-0.3, -0.25) is 0 Å². The molecule has 3 heteroatoms. The van der Waals surface area contributed by atoms with Crippen molar-refractivity contribution in [1.82, 2.24) is 10.3 Å². The summed E-state index contributed by atoms with van der Waals surface area (Å²) in [7, 11) is 0. The molecule has 0 spiro atoms. The molecule has 2 heterocycles. The Bertz CT molecular complexity index is 499. The van der Waals surface area contributed by atoms with Gasteiger partial charge in [0.15, 0.2) is 0 Å². The van der Waals surface area contributed by atoms with Crippen LogP contribution in [-0.4, -0.2) is 24.7 Å². The molecule has 90 valence electrons. The van der Waals surface area contributed by atoms with Crippen molar-refractivity contribution < 1.29 is 4.74 Å². The van der Waals surface area contributed by atoms with Gasteiger partial charge in [0.05, 0.1) is 19.3 Å². The minimum Gasteiger partial charge on any atom is -0.378 e. The second-order valence-corrected chi connectivity index (χ2v) is 4.83. The summed E-state index contributed by atoms with van der Waals surface area (Å²) in [6.07, 6.45) is 0. The lowest BCUT2D eigenvalue weighted by Crippen LogP contribution is -2.34. The van der Waals surface area contributed by atoms with E-state index in [9.17, 15) is 0 Å². The number of morpholine rings is 1. The number of hydrogen-bond donors (Lipinski definition) is 2. The molecule has 2 N–H and O–H groups in total. The third-order valence-electron chi connectivity index (χ3n) is 3.55. The van der Waals surface area contributed by atoms with Crippen molar-refractivity contribution in [2.75, 3.05) is 19.8 Å². The maximum absolute atomic E-state index is 5.50. The average molecular weight is 230 g/mol. The van der Waals surface area contributed by atoms with E-state index < -0.39 is 0 Å². The summed E-state index contributed by atoms with van der Waals surface area (Å²) >= 11 is 0. The molecule has 17 heavy (non-hydrogen) atoms. The van der Waals surface area contributed by atoms with E-state index in [-0.39, 0.29) is 0 Å². The molecule has 1 unspecified atom stereocenters. The maximum atomic E-state index is 5.50. The normalized spacial score (nSPS) is 20.9. The first-order valence-electron chi connectivity index (χ1n) is 6.15. The van der Waals surface area contributed by atoms with Gasteiger partial charge in [0.2, 0.25) is 0 Å². The topological polar surface area (TPSA) is 37.0 Å². The van der Waals surface area contributed by atoms with Crippen molar-refractivity contribution >= 4 is 10.9 Å². The fourth-order valence-corrected chi connectivity index (χ4v) is 2.38. The van der Waals surface area contributed by atoms with Gasteiger partial charge in [-0.1, -0.05) is 0 Å². The number of fused-ring (bicyclic) bond motifs is 1. The summed E-state index contributed by atoms with van der Waals surface area (Å²) in [5.41, 5.74) is 5.12. The highest BCUT2D eigenvalue weighted by atomic mass is 16.5. The Labute approximate surface area is 101 Å². The highest BCUT2D eigenvalue weighted by molar-refractivity contribution is 5.82. The summed E-state index contributed by atoms with van der Waals surface area (Å²) in [6, 6.07) is 7.00. The summed E-state index contributed by atoms with van der Waals surface area (Å²) < 4.78 is 5.50. The third-order valence-corrected chi connectivity index (χ3v) is 3.55. The number of hydrogen-bond acceptors (Lipinski definition) is 2. The summed E-state index contributed by atoms with van der Waals surface area (Å²) in [5.74, 6) is 0. The Morgan fingerprint density at radius 1 is 1.18 bits per heavy atom. The molecule has 0 amide bonds. The Morgan fingerprint density at radius 2 is 2.00 bits per heavy atom. The van der Waals surface area contributed by atoms with Gasteiger partial charge in [-0.2, -0.15) is 0 Å². The van der Waals surface area contributed by atoms with Crippen LogP contribution in [0.5, 0.6) is 0 Å². The monoisotopic (exact) mass is 230 g/mol. The highest BCUT2D eigenvalue weighted by Crippen LogP contribution is 2.24. The summed E-state index contributed by atoms with van der Waals surface area (Å²) in [6.45, 7) is 6.80. The standard InChI is InChI=1S/C14H18N2O/c1-9-5-11-7-13(14-8-17-4-3-15-14)16-12(11)6-10(9)2/h5-7,14-16H,3-4,8H2,1-2H3. The first-order chi connectivity index (χ1) is 8.24. The number of H-pyrrole nitrogens is 1. The first kappa shape index (κ1) is 10.8. The Kier molecular flexibility index (Phi) is 2.65. The number of ether oxygens (including phenoxy) is 1. The van der Waals surface area contributed by atoms with E-state index in [0.29, 0.717) is 6.04 Å². The molecule has 1 aliphatic rings. The fraction of sp³-hybridized carbons (Fsp3) is 0.429. The molecular formula is C14H18N2O. The molecule has 1 saturated heterocycles.